The first-order valence-electron chi connectivity index (χ1n) is 7.64. The van der Waals surface area contributed by atoms with E-state index in [4.69, 9.17) is 9.84 Å². The van der Waals surface area contributed by atoms with Gasteiger partial charge < -0.3 is 9.84 Å². The maximum Gasteiger partial charge on any atom is 0.0841 e. The second kappa shape index (κ2) is 9.90. The maximum absolute atomic E-state index is 8.65. The van der Waals surface area contributed by atoms with Crippen molar-refractivity contribution >= 4 is 0 Å². The highest BCUT2D eigenvalue weighted by Gasteiger charge is 2.36. The highest BCUT2D eigenvalue weighted by molar-refractivity contribution is 4.84. The van der Waals surface area contributed by atoms with Crippen LogP contribution in [-0.2, 0) is 4.74 Å². The van der Waals surface area contributed by atoms with Crippen LogP contribution in [-0.4, -0.2) is 23.9 Å². The highest BCUT2D eigenvalue weighted by atomic mass is 16.6. The van der Waals surface area contributed by atoms with Crippen LogP contribution in [0.3, 0.4) is 0 Å². The number of ether oxygens (including phenoxy) is 1. The Kier molecular flexibility index (Phi) is 8.72. The van der Waals surface area contributed by atoms with E-state index in [-0.39, 0.29) is 0 Å². The molecular formula is C15H30O2. The Hall–Kier alpha value is -0.0800. The van der Waals surface area contributed by atoms with Crippen molar-refractivity contribution in [1.29, 1.82) is 0 Å². The number of epoxide rings is 1. The second-order valence-electron chi connectivity index (χ2n) is 5.34. The van der Waals surface area contributed by atoms with E-state index in [2.05, 4.69) is 6.92 Å². The van der Waals surface area contributed by atoms with Gasteiger partial charge in [0.25, 0.3) is 0 Å². The van der Waals surface area contributed by atoms with E-state index in [0.29, 0.717) is 18.8 Å². The van der Waals surface area contributed by atoms with Gasteiger partial charge >= 0.3 is 0 Å². The van der Waals surface area contributed by atoms with Gasteiger partial charge in [-0.2, -0.15) is 0 Å². The van der Waals surface area contributed by atoms with Crippen LogP contribution in [0.4, 0.5) is 0 Å². The summed E-state index contributed by atoms with van der Waals surface area (Å²) in [5.74, 6) is 0. The third kappa shape index (κ3) is 7.77. The quantitative estimate of drug-likeness (QED) is 0.413. The van der Waals surface area contributed by atoms with Crippen molar-refractivity contribution in [2.24, 2.45) is 0 Å². The van der Waals surface area contributed by atoms with E-state index in [9.17, 15) is 0 Å². The Morgan fingerprint density at radius 1 is 0.765 bits per heavy atom. The average molecular weight is 242 g/mol. The molecule has 1 heterocycles. The first kappa shape index (κ1) is 15.0. The van der Waals surface area contributed by atoms with E-state index >= 15 is 0 Å². The minimum Gasteiger partial charge on any atom is -0.396 e. The lowest BCUT2D eigenvalue weighted by Crippen LogP contribution is -1.94. The summed E-state index contributed by atoms with van der Waals surface area (Å²) in [5, 5.41) is 8.65. The van der Waals surface area contributed by atoms with E-state index in [1.807, 2.05) is 0 Å². The third-order valence-corrected chi connectivity index (χ3v) is 3.68. The van der Waals surface area contributed by atoms with Gasteiger partial charge in [0.05, 0.1) is 12.2 Å². The molecular weight excluding hydrogens is 212 g/mol. The summed E-state index contributed by atoms with van der Waals surface area (Å²) < 4.78 is 5.68. The van der Waals surface area contributed by atoms with Crippen LogP contribution >= 0.6 is 0 Å². The molecule has 2 heteroatoms. The highest BCUT2D eigenvalue weighted by Crippen LogP contribution is 2.31. The summed E-state index contributed by atoms with van der Waals surface area (Å²) in [6.45, 7) is 2.61. The molecule has 1 N–H and O–H groups in total. The zero-order valence-electron chi connectivity index (χ0n) is 11.5. The molecule has 0 unspecified atom stereocenters. The number of aliphatic hydroxyl groups excluding tert-OH is 1. The molecule has 1 aliphatic heterocycles. The molecule has 0 aromatic heterocycles. The van der Waals surface area contributed by atoms with Crippen molar-refractivity contribution in [3.63, 3.8) is 0 Å². The van der Waals surface area contributed by atoms with E-state index in [1.165, 1.54) is 64.2 Å². The molecule has 0 radical (unpaired) electrons. The average Bonchev–Trinajstić information content (AvgIpc) is 3.07. The van der Waals surface area contributed by atoms with Gasteiger partial charge in [0.15, 0.2) is 0 Å². The Labute approximate surface area is 107 Å². The van der Waals surface area contributed by atoms with Crippen molar-refractivity contribution in [3.8, 4) is 0 Å². The predicted octanol–water partition coefficient (Wildman–Crippen LogP) is 4.06. The largest absolute Gasteiger partial charge is 0.396 e. The molecule has 0 spiro atoms. The standard InChI is InChI=1S/C15H30O2/c1-2-3-8-11-14-15(17-14)12-9-6-4-5-7-10-13-16/h14-16H,2-13H2,1H3/t14-,15+/m1/s1. The minimum atomic E-state index is 0.357. The maximum atomic E-state index is 8.65. The summed E-state index contributed by atoms with van der Waals surface area (Å²) in [4.78, 5) is 0. The fraction of sp³-hybridized carbons (Fsp3) is 1.00. The van der Waals surface area contributed by atoms with Crippen molar-refractivity contribution in [3.05, 3.63) is 0 Å². The molecule has 0 saturated carbocycles. The molecule has 0 aliphatic carbocycles. The minimum absolute atomic E-state index is 0.357. The molecule has 17 heavy (non-hydrogen) atoms. The summed E-state index contributed by atoms with van der Waals surface area (Å²) in [6.07, 6.45) is 15.2. The molecule has 102 valence electrons. The molecule has 0 amide bonds. The topological polar surface area (TPSA) is 32.8 Å². The van der Waals surface area contributed by atoms with Crippen LogP contribution in [0.2, 0.25) is 0 Å². The van der Waals surface area contributed by atoms with Gasteiger partial charge in [-0.1, -0.05) is 58.3 Å². The normalized spacial score (nSPS) is 22.9. The van der Waals surface area contributed by atoms with Gasteiger partial charge in [0.2, 0.25) is 0 Å². The lowest BCUT2D eigenvalue weighted by Gasteiger charge is -1.99. The molecule has 0 aromatic carbocycles. The Morgan fingerprint density at radius 3 is 1.88 bits per heavy atom. The van der Waals surface area contributed by atoms with Crippen molar-refractivity contribution in [1.82, 2.24) is 0 Å². The molecule has 1 saturated heterocycles. The van der Waals surface area contributed by atoms with Gasteiger partial charge in [-0.05, 0) is 19.3 Å². The van der Waals surface area contributed by atoms with Gasteiger partial charge in [0.1, 0.15) is 0 Å². The number of hydrogen-bond donors (Lipinski definition) is 1. The van der Waals surface area contributed by atoms with Crippen molar-refractivity contribution < 1.29 is 9.84 Å². The third-order valence-electron chi connectivity index (χ3n) is 3.68. The first-order chi connectivity index (χ1) is 8.38. The second-order valence-corrected chi connectivity index (χ2v) is 5.34. The van der Waals surface area contributed by atoms with Crippen LogP contribution in [0.25, 0.3) is 0 Å². The van der Waals surface area contributed by atoms with E-state index in [1.54, 1.807) is 0 Å². The monoisotopic (exact) mass is 242 g/mol. The molecule has 1 fully saturated rings. The van der Waals surface area contributed by atoms with Crippen molar-refractivity contribution in [2.75, 3.05) is 6.61 Å². The van der Waals surface area contributed by atoms with Crippen LogP contribution in [0.15, 0.2) is 0 Å². The zero-order chi connectivity index (χ0) is 12.3. The molecule has 1 rings (SSSR count). The van der Waals surface area contributed by atoms with Gasteiger partial charge in [0, 0.05) is 6.61 Å². The van der Waals surface area contributed by atoms with E-state index in [0.717, 1.165) is 6.42 Å². The Balaban J connectivity index is 1.76. The van der Waals surface area contributed by atoms with Gasteiger partial charge in [-0.3, -0.25) is 0 Å². The number of hydrogen-bond acceptors (Lipinski definition) is 2. The predicted molar refractivity (Wildman–Crippen MR) is 72.2 cm³/mol. The van der Waals surface area contributed by atoms with Crippen LogP contribution in [0.1, 0.15) is 77.6 Å². The van der Waals surface area contributed by atoms with Crippen molar-refractivity contribution in [2.45, 2.75) is 89.8 Å². The number of rotatable bonds is 12. The zero-order valence-corrected chi connectivity index (χ0v) is 11.5. The Bertz CT molecular complexity index is 170. The summed E-state index contributed by atoms with van der Waals surface area (Å²) >= 11 is 0. The smallest absolute Gasteiger partial charge is 0.0841 e. The molecule has 1 aliphatic rings. The fourth-order valence-electron chi connectivity index (χ4n) is 2.45. The SMILES string of the molecule is CCCCC[C@H]1O[C@H]1CCCCCCCCO. The number of unbranched alkanes of at least 4 members (excludes halogenated alkanes) is 7. The first-order valence-corrected chi connectivity index (χ1v) is 7.64. The molecule has 2 atom stereocenters. The van der Waals surface area contributed by atoms with Gasteiger partial charge in [-0.25, -0.2) is 0 Å². The summed E-state index contributed by atoms with van der Waals surface area (Å²) in [7, 11) is 0. The fourth-order valence-corrected chi connectivity index (χ4v) is 2.45. The van der Waals surface area contributed by atoms with Crippen LogP contribution in [0, 0.1) is 0 Å². The molecule has 0 bridgehead atoms. The molecule has 0 aromatic rings. The number of aliphatic hydroxyl groups is 1. The Morgan fingerprint density at radius 2 is 1.29 bits per heavy atom. The van der Waals surface area contributed by atoms with E-state index < -0.39 is 0 Å². The summed E-state index contributed by atoms with van der Waals surface area (Å²) in [6, 6.07) is 0. The summed E-state index contributed by atoms with van der Waals surface area (Å²) in [5.41, 5.74) is 0. The lowest BCUT2D eigenvalue weighted by atomic mass is 10.0. The lowest BCUT2D eigenvalue weighted by molar-refractivity contribution is 0.282. The van der Waals surface area contributed by atoms with Crippen LogP contribution < -0.4 is 0 Å². The molecule has 2 nitrogen and oxygen atoms in total. The van der Waals surface area contributed by atoms with Crippen LogP contribution in [0.5, 0.6) is 0 Å². The van der Waals surface area contributed by atoms with Gasteiger partial charge in [-0.15, -0.1) is 0 Å².